The van der Waals surface area contributed by atoms with Crippen LogP contribution in [0.5, 0.6) is 5.75 Å². The van der Waals surface area contributed by atoms with Crippen LogP contribution in [0.2, 0.25) is 0 Å². The van der Waals surface area contributed by atoms with Crippen LogP contribution in [0.3, 0.4) is 0 Å². The number of aliphatic carboxylic acids is 1. The number of carboxylic acids is 1. The molecule has 0 saturated heterocycles. The number of benzene rings is 1. The molecule has 0 spiro atoms. The predicted molar refractivity (Wildman–Crippen MR) is 77.0 cm³/mol. The van der Waals surface area contributed by atoms with E-state index in [4.69, 9.17) is 9.84 Å². The van der Waals surface area contributed by atoms with Crippen molar-refractivity contribution in [2.45, 2.75) is 51.9 Å². The van der Waals surface area contributed by atoms with Gasteiger partial charge in [-0.25, -0.2) is 0 Å². The maximum absolute atomic E-state index is 11.0. The lowest BCUT2D eigenvalue weighted by atomic mass is 9.88. The summed E-state index contributed by atoms with van der Waals surface area (Å²) in [5, 5.41) is 9.03. The van der Waals surface area contributed by atoms with E-state index in [0.717, 1.165) is 29.7 Å². The Morgan fingerprint density at radius 2 is 2.05 bits per heavy atom. The Kier molecular flexibility index (Phi) is 5.87. The summed E-state index contributed by atoms with van der Waals surface area (Å²) < 4.78 is 5.37. The summed E-state index contributed by atoms with van der Waals surface area (Å²) in [7, 11) is 1.67. The Bertz CT molecular complexity index is 424. The number of hydrogen-bond acceptors (Lipinski definition) is 2. The summed E-state index contributed by atoms with van der Waals surface area (Å²) in [5.74, 6) is 0.595. The number of hydrogen-bond donors (Lipinski definition) is 1. The van der Waals surface area contributed by atoms with Crippen molar-refractivity contribution >= 4 is 5.97 Å². The first kappa shape index (κ1) is 15.5. The zero-order chi connectivity index (χ0) is 14.4. The monoisotopic (exact) mass is 264 g/mol. The second kappa shape index (κ2) is 7.17. The van der Waals surface area contributed by atoms with E-state index in [0.29, 0.717) is 5.92 Å². The van der Waals surface area contributed by atoms with Crippen molar-refractivity contribution in [2.24, 2.45) is 0 Å². The van der Waals surface area contributed by atoms with Gasteiger partial charge in [0.1, 0.15) is 5.75 Å². The van der Waals surface area contributed by atoms with E-state index in [1.54, 1.807) is 7.11 Å². The topological polar surface area (TPSA) is 46.5 Å². The van der Waals surface area contributed by atoms with Gasteiger partial charge in [-0.05, 0) is 35.4 Å². The minimum Gasteiger partial charge on any atom is -0.496 e. The van der Waals surface area contributed by atoms with Gasteiger partial charge in [0.2, 0.25) is 0 Å². The first-order valence-corrected chi connectivity index (χ1v) is 6.89. The van der Waals surface area contributed by atoms with Crippen LogP contribution in [-0.4, -0.2) is 18.2 Å². The van der Waals surface area contributed by atoms with Gasteiger partial charge in [0, 0.05) is 0 Å². The summed E-state index contributed by atoms with van der Waals surface area (Å²) in [4.78, 5) is 11.0. The molecule has 0 aliphatic rings. The lowest BCUT2D eigenvalue weighted by molar-refractivity contribution is -0.137. The van der Waals surface area contributed by atoms with E-state index in [9.17, 15) is 4.79 Å². The third-order valence-corrected chi connectivity index (χ3v) is 3.41. The Hall–Kier alpha value is -1.51. The van der Waals surface area contributed by atoms with E-state index in [1.165, 1.54) is 0 Å². The average molecular weight is 264 g/mol. The van der Waals surface area contributed by atoms with E-state index in [2.05, 4.69) is 26.8 Å². The van der Waals surface area contributed by atoms with Crippen molar-refractivity contribution in [3.8, 4) is 5.75 Å². The highest BCUT2D eigenvalue weighted by Crippen LogP contribution is 2.32. The zero-order valence-corrected chi connectivity index (χ0v) is 12.3. The van der Waals surface area contributed by atoms with Gasteiger partial charge in [-0.3, -0.25) is 4.79 Å². The van der Waals surface area contributed by atoms with Gasteiger partial charge in [0.25, 0.3) is 0 Å². The number of methoxy groups -OCH3 is 1. The smallest absolute Gasteiger partial charge is 0.303 e. The quantitative estimate of drug-likeness (QED) is 0.803. The first-order chi connectivity index (χ1) is 8.99. The molecule has 0 amide bonds. The van der Waals surface area contributed by atoms with E-state index < -0.39 is 5.97 Å². The SMILES string of the molecule is CCCC(CC(=O)O)c1ccc(OC)c(C(C)C)c1. The summed E-state index contributed by atoms with van der Waals surface area (Å²) >= 11 is 0. The van der Waals surface area contributed by atoms with E-state index in [1.807, 2.05) is 12.1 Å². The Morgan fingerprint density at radius 3 is 2.53 bits per heavy atom. The number of carboxylic acid groups (broad SMARTS) is 1. The zero-order valence-electron chi connectivity index (χ0n) is 12.3. The molecule has 1 aromatic rings. The fraction of sp³-hybridized carbons (Fsp3) is 0.562. The lowest BCUT2D eigenvalue weighted by Gasteiger charge is -2.18. The minimum absolute atomic E-state index is 0.0888. The van der Waals surface area contributed by atoms with Gasteiger partial charge in [0.15, 0.2) is 0 Å². The number of carbonyl (C=O) groups is 1. The summed E-state index contributed by atoms with van der Waals surface area (Å²) in [5.41, 5.74) is 2.25. The molecule has 0 aliphatic carbocycles. The van der Waals surface area contributed by atoms with Crippen molar-refractivity contribution in [1.82, 2.24) is 0 Å². The molecule has 0 aliphatic heterocycles. The van der Waals surface area contributed by atoms with Gasteiger partial charge >= 0.3 is 5.97 Å². The van der Waals surface area contributed by atoms with Crippen LogP contribution in [0.4, 0.5) is 0 Å². The van der Waals surface area contributed by atoms with Gasteiger partial charge in [-0.15, -0.1) is 0 Å². The highest BCUT2D eigenvalue weighted by atomic mass is 16.5. The standard InChI is InChI=1S/C16H24O3/c1-5-6-12(10-16(17)18)13-7-8-15(19-4)14(9-13)11(2)3/h7-9,11-12H,5-6,10H2,1-4H3,(H,17,18). The molecule has 1 atom stereocenters. The number of rotatable bonds is 7. The first-order valence-electron chi connectivity index (χ1n) is 6.89. The molecule has 1 aromatic carbocycles. The van der Waals surface area contributed by atoms with Gasteiger partial charge in [-0.1, -0.05) is 39.3 Å². The summed E-state index contributed by atoms with van der Waals surface area (Å²) in [6, 6.07) is 6.05. The van der Waals surface area contributed by atoms with Crippen molar-refractivity contribution in [3.63, 3.8) is 0 Å². The molecule has 1 N–H and O–H groups in total. The second-order valence-electron chi connectivity index (χ2n) is 5.24. The molecule has 1 unspecified atom stereocenters. The third-order valence-electron chi connectivity index (χ3n) is 3.41. The molecule has 3 nitrogen and oxygen atoms in total. The fourth-order valence-electron chi connectivity index (χ4n) is 2.40. The predicted octanol–water partition coefficient (Wildman–Crippen LogP) is 4.18. The fourth-order valence-corrected chi connectivity index (χ4v) is 2.40. The van der Waals surface area contributed by atoms with Crippen LogP contribution in [-0.2, 0) is 4.79 Å². The molecule has 1 rings (SSSR count). The molecule has 19 heavy (non-hydrogen) atoms. The van der Waals surface area contributed by atoms with Gasteiger partial charge in [-0.2, -0.15) is 0 Å². The molecule has 0 saturated carbocycles. The van der Waals surface area contributed by atoms with Crippen LogP contribution in [0, 0.1) is 0 Å². The van der Waals surface area contributed by atoms with E-state index >= 15 is 0 Å². The highest BCUT2D eigenvalue weighted by Gasteiger charge is 2.17. The van der Waals surface area contributed by atoms with Crippen molar-refractivity contribution in [1.29, 1.82) is 0 Å². The van der Waals surface area contributed by atoms with Gasteiger partial charge < -0.3 is 9.84 Å². The number of ether oxygens (including phenoxy) is 1. The van der Waals surface area contributed by atoms with Crippen molar-refractivity contribution in [3.05, 3.63) is 29.3 Å². The highest BCUT2D eigenvalue weighted by molar-refractivity contribution is 5.68. The largest absolute Gasteiger partial charge is 0.496 e. The summed E-state index contributed by atoms with van der Waals surface area (Å²) in [6.45, 7) is 6.32. The van der Waals surface area contributed by atoms with Crippen molar-refractivity contribution < 1.29 is 14.6 Å². The Morgan fingerprint density at radius 1 is 1.37 bits per heavy atom. The van der Waals surface area contributed by atoms with E-state index in [-0.39, 0.29) is 12.3 Å². The lowest BCUT2D eigenvalue weighted by Crippen LogP contribution is -2.07. The molecule has 3 heteroatoms. The maximum atomic E-state index is 11.0. The molecular formula is C16H24O3. The molecule has 106 valence electrons. The molecule has 0 aromatic heterocycles. The van der Waals surface area contributed by atoms with Crippen LogP contribution >= 0.6 is 0 Å². The van der Waals surface area contributed by atoms with Crippen molar-refractivity contribution in [2.75, 3.05) is 7.11 Å². The van der Waals surface area contributed by atoms with Crippen LogP contribution in [0.25, 0.3) is 0 Å². The normalized spacial score (nSPS) is 12.5. The molecule has 0 radical (unpaired) electrons. The molecule has 0 heterocycles. The Labute approximate surface area is 115 Å². The molecule has 0 bridgehead atoms. The molecular weight excluding hydrogens is 240 g/mol. The average Bonchev–Trinajstić information content (AvgIpc) is 2.37. The second-order valence-corrected chi connectivity index (χ2v) is 5.24. The van der Waals surface area contributed by atoms with Crippen LogP contribution < -0.4 is 4.74 Å². The third kappa shape index (κ3) is 4.27. The maximum Gasteiger partial charge on any atom is 0.303 e. The summed E-state index contributed by atoms with van der Waals surface area (Å²) in [6.07, 6.45) is 2.08. The Balaban J connectivity index is 3.09. The minimum atomic E-state index is -0.736. The molecule has 0 fully saturated rings. The van der Waals surface area contributed by atoms with Gasteiger partial charge in [0.05, 0.1) is 13.5 Å². The van der Waals surface area contributed by atoms with Crippen LogP contribution in [0.15, 0.2) is 18.2 Å². The van der Waals surface area contributed by atoms with Crippen LogP contribution in [0.1, 0.15) is 63.0 Å².